The van der Waals surface area contributed by atoms with Crippen LogP contribution in [-0.2, 0) is 15.0 Å². The lowest BCUT2D eigenvalue weighted by molar-refractivity contribution is -0.141. The molecule has 1 amide bonds. The maximum atomic E-state index is 13.6. The second-order valence-corrected chi connectivity index (χ2v) is 7.48. The van der Waals surface area contributed by atoms with Crippen molar-refractivity contribution in [1.82, 2.24) is 4.90 Å². The highest BCUT2D eigenvalue weighted by Crippen LogP contribution is 2.33. The molecule has 0 unspecified atom stereocenters. The minimum atomic E-state index is -0.961. The molecule has 5 nitrogen and oxygen atoms in total. The summed E-state index contributed by atoms with van der Waals surface area (Å²) in [5.74, 6) is -0.684. The van der Waals surface area contributed by atoms with Crippen LogP contribution >= 0.6 is 0 Å². The van der Waals surface area contributed by atoms with E-state index in [1.165, 1.54) is 12.1 Å². The largest absolute Gasteiger partial charge is 0.490 e. The van der Waals surface area contributed by atoms with E-state index in [9.17, 15) is 14.0 Å². The van der Waals surface area contributed by atoms with Gasteiger partial charge in [-0.1, -0.05) is 20.8 Å². The fraction of sp³-hybridized carbons (Fsp3) is 0.579. The second kappa shape index (κ2) is 7.85. The third kappa shape index (κ3) is 5.44. The molecule has 1 aliphatic rings. The Morgan fingerprint density at radius 3 is 2.44 bits per heavy atom. The van der Waals surface area contributed by atoms with Gasteiger partial charge in [0.2, 0.25) is 5.91 Å². The van der Waals surface area contributed by atoms with Crippen molar-refractivity contribution in [2.75, 3.05) is 13.1 Å². The van der Waals surface area contributed by atoms with Crippen molar-refractivity contribution in [3.8, 4) is 5.75 Å². The Bertz CT molecular complexity index is 631. The number of rotatable bonds is 5. The zero-order valence-electron chi connectivity index (χ0n) is 15.0. The molecule has 1 fully saturated rings. The van der Waals surface area contributed by atoms with Crippen LogP contribution in [0, 0.1) is 5.82 Å². The van der Waals surface area contributed by atoms with E-state index in [0.29, 0.717) is 31.7 Å². The Balaban J connectivity index is 1.94. The number of amides is 1. The summed E-state index contributed by atoms with van der Waals surface area (Å²) in [4.78, 5) is 24.2. The Morgan fingerprint density at radius 1 is 1.24 bits per heavy atom. The van der Waals surface area contributed by atoms with Crippen molar-refractivity contribution in [1.29, 1.82) is 0 Å². The molecule has 0 spiro atoms. The van der Waals surface area contributed by atoms with Gasteiger partial charge in [-0.25, -0.2) is 4.39 Å². The van der Waals surface area contributed by atoms with Gasteiger partial charge in [-0.15, -0.1) is 0 Å². The van der Waals surface area contributed by atoms with E-state index in [1.807, 2.05) is 20.8 Å². The van der Waals surface area contributed by atoms with Crippen LogP contribution in [0.15, 0.2) is 18.2 Å². The van der Waals surface area contributed by atoms with Gasteiger partial charge < -0.3 is 14.7 Å². The fourth-order valence-corrected chi connectivity index (χ4v) is 2.97. The first-order chi connectivity index (χ1) is 11.7. The second-order valence-electron chi connectivity index (χ2n) is 7.48. The molecule has 6 heteroatoms. The summed E-state index contributed by atoms with van der Waals surface area (Å²) in [6.45, 7) is 7.14. The molecule has 2 rings (SSSR count). The smallest absolute Gasteiger partial charge is 0.303 e. The molecule has 0 radical (unpaired) electrons. The number of carboxylic acid groups (broad SMARTS) is 1. The van der Waals surface area contributed by atoms with Crippen LogP contribution in [0.4, 0.5) is 4.39 Å². The summed E-state index contributed by atoms with van der Waals surface area (Å²) in [5, 5.41) is 8.66. The van der Waals surface area contributed by atoms with E-state index >= 15 is 0 Å². The van der Waals surface area contributed by atoms with Gasteiger partial charge in [0.15, 0.2) is 0 Å². The number of carbonyl (C=O) groups excluding carboxylic acids is 1. The van der Waals surface area contributed by atoms with Crippen molar-refractivity contribution in [3.05, 3.63) is 29.6 Å². The summed E-state index contributed by atoms with van der Waals surface area (Å²) in [6, 6.07) is 4.58. The van der Waals surface area contributed by atoms with E-state index in [-0.39, 0.29) is 36.1 Å². The van der Waals surface area contributed by atoms with Gasteiger partial charge in [-0.2, -0.15) is 0 Å². The van der Waals surface area contributed by atoms with Crippen LogP contribution in [0.5, 0.6) is 5.75 Å². The maximum Gasteiger partial charge on any atom is 0.303 e. The lowest BCUT2D eigenvalue weighted by atomic mass is 9.86. The molecule has 1 saturated heterocycles. The summed E-state index contributed by atoms with van der Waals surface area (Å²) in [6.07, 6.45) is 1.22. The minimum Gasteiger partial charge on any atom is -0.490 e. The Morgan fingerprint density at radius 2 is 1.88 bits per heavy atom. The number of nitrogens with zero attached hydrogens (tertiary/aromatic N) is 1. The van der Waals surface area contributed by atoms with E-state index in [1.54, 1.807) is 11.0 Å². The third-order valence-corrected chi connectivity index (χ3v) is 4.39. The molecule has 0 aliphatic carbocycles. The first-order valence-corrected chi connectivity index (χ1v) is 8.63. The number of hydrogen-bond donors (Lipinski definition) is 1. The Labute approximate surface area is 147 Å². The average Bonchev–Trinajstić information content (AvgIpc) is 2.54. The lowest BCUT2D eigenvalue weighted by Gasteiger charge is -2.33. The summed E-state index contributed by atoms with van der Waals surface area (Å²) < 4.78 is 19.7. The first kappa shape index (κ1) is 19.2. The van der Waals surface area contributed by atoms with E-state index in [0.717, 1.165) is 5.56 Å². The van der Waals surface area contributed by atoms with E-state index in [2.05, 4.69) is 0 Å². The minimum absolute atomic E-state index is 0.0323. The van der Waals surface area contributed by atoms with Gasteiger partial charge in [0.05, 0.1) is 6.42 Å². The number of likely N-dealkylation sites (tertiary alicyclic amines) is 1. The molecule has 25 heavy (non-hydrogen) atoms. The van der Waals surface area contributed by atoms with Crippen molar-refractivity contribution < 1.29 is 23.8 Å². The van der Waals surface area contributed by atoms with Gasteiger partial charge in [0, 0.05) is 37.9 Å². The zero-order chi connectivity index (χ0) is 18.6. The number of carboxylic acids is 1. The van der Waals surface area contributed by atoms with Gasteiger partial charge in [0.1, 0.15) is 17.7 Å². The first-order valence-electron chi connectivity index (χ1n) is 8.63. The fourth-order valence-electron chi connectivity index (χ4n) is 2.97. The predicted molar refractivity (Wildman–Crippen MR) is 92.2 cm³/mol. The molecule has 0 aromatic heterocycles. The SMILES string of the molecule is CC(C)(C)c1cc(F)ccc1OC1CCN(C(=O)CCC(=O)O)CC1. The van der Waals surface area contributed by atoms with Crippen LogP contribution in [0.25, 0.3) is 0 Å². The maximum absolute atomic E-state index is 13.6. The van der Waals surface area contributed by atoms with Crippen molar-refractivity contribution in [2.24, 2.45) is 0 Å². The Hall–Kier alpha value is -2.11. The zero-order valence-corrected chi connectivity index (χ0v) is 15.0. The van der Waals surface area contributed by atoms with Crippen LogP contribution in [0.3, 0.4) is 0 Å². The lowest BCUT2D eigenvalue weighted by Crippen LogP contribution is -2.42. The van der Waals surface area contributed by atoms with E-state index < -0.39 is 5.97 Å². The monoisotopic (exact) mass is 351 g/mol. The standard InChI is InChI=1S/C19H26FNO4/c1-19(2,3)15-12-13(20)4-5-16(15)25-14-8-10-21(11-9-14)17(22)6-7-18(23)24/h4-5,12,14H,6-11H2,1-3H3,(H,23,24). The van der Waals surface area contributed by atoms with Crippen LogP contribution in [0.1, 0.15) is 52.0 Å². The number of benzene rings is 1. The third-order valence-electron chi connectivity index (χ3n) is 4.39. The molecule has 138 valence electrons. The highest BCUT2D eigenvalue weighted by molar-refractivity contribution is 5.80. The average molecular weight is 351 g/mol. The van der Waals surface area contributed by atoms with Crippen molar-refractivity contribution >= 4 is 11.9 Å². The number of hydrogen-bond acceptors (Lipinski definition) is 3. The topological polar surface area (TPSA) is 66.8 Å². The van der Waals surface area contributed by atoms with Crippen molar-refractivity contribution in [3.63, 3.8) is 0 Å². The van der Waals surface area contributed by atoms with Gasteiger partial charge in [-0.3, -0.25) is 9.59 Å². The number of piperidine rings is 1. The number of halogens is 1. The summed E-state index contributed by atoms with van der Waals surface area (Å²) in [7, 11) is 0. The summed E-state index contributed by atoms with van der Waals surface area (Å²) >= 11 is 0. The number of aliphatic carboxylic acids is 1. The van der Waals surface area contributed by atoms with Gasteiger partial charge >= 0.3 is 5.97 Å². The van der Waals surface area contributed by atoms with Crippen LogP contribution in [0.2, 0.25) is 0 Å². The normalized spacial score (nSPS) is 15.9. The highest BCUT2D eigenvalue weighted by atomic mass is 19.1. The predicted octanol–water partition coefficient (Wildman–Crippen LogP) is 3.36. The van der Waals surface area contributed by atoms with Gasteiger partial charge in [-0.05, 0) is 23.6 Å². The molecule has 0 saturated carbocycles. The molecule has 0 bridgehead atoms. The molecular formula is C19H26FNO4. The van der Waals surface area contributed by atoms with Crippen molar-refractivity contribution in [2.45, 2.75) is 58.0 Å². The van der Waals surface area contributed by atoms with Gasteiger partial charge in [0.25, 0.3) is 0 Å². The molecular weight excluding hydrogens is 325 g/mol. The molecule has 1 heterocycles. The van der Waals surface area contributed by atoms with Crippen LogP contribution in [-0.4, -0.2) is 41.1 Å². The quantitative estimate of drug-likeness (QED) is 0.883. The number of carbonyl (C=O) groups is 2. The molecule has 1 aromatic carbocycles. The Kier molecular flexibility index (Phi) is 6.03. The molecule has 1 N–H and O–H groups in total. The highest BCUT2D eigenvalue weighted by Gasteiger charge is 2.26. The summed E-state index contributed by atoms with van der Waals surface area (Å²) in [5.41, 5.74) is 0.595. The van der Waals surface area contributed by atoms with E-state index in [4.69, 9.17) is 9.84 Å². The van der Waals surface area contributed by atoms with Crippen LogP contribution < -0.4 is 4.74 Å². The molecule has 0 atom stereocenters. The molecule has 1 aliphatic heterocycles. The number of ether oxygens (including phenoxy) is 1. The molecule has 1 aromatic rings.